The molecule has 1 saturated carbocycles. The van der Waals surface area contributed by atoms with Crippen LogP contribution >= 0.6 is 11.3 Å². The second kappa shape index (κ2) is 5.75. The fourth-order valence-corrected chi connectivity index (χ4v) is 4.14. The first kappa shape index (κ1) is 14.5. The Kier molecular flexibility index (Phi) is 3.97. The van der Waals surface area contributed by atoms with Gasteiger partial charge in [-0.3, -0.25) is 9.59 Å². The summed E-state index contributed by atoms with van der Waals surface area (Å²) in [6.07, 6.45) is 5.75. The molecule has 1 aliphatic heterocycles. The topological polar surface area (TPSA) is 70.5 Å². The SMILES string of the molecule is CCCc1ncc(C(=O)N2C[C@H](C(=O)O)[C@@H](C3CC3)C2)s1. The molecule has 2 fully saturated rings. The summed E-state index contributed by atoms with van der Waals surface area (Å²) < 4.78 is 0. The van der Waals surface area contributed by atoms with Crippen molar-refractivity contribution < 1.29 is 14.7 Å². The van der Waals surface area contributed by atoms with E-state index in [1.165, 1.54) is 11.3 Å². The Morgan fingerprint density at radius 3 is 2.81 bits per heavy atom. The zero-order valence-electron chi connectivity index (χ0n) is 12.1. The standard InChI is InChI=1S/C15H20N2O3S/c1-2-3-13-16-6-12(21-13)14(18)17-7-10(9-4-5-9)11(8-17)15(19)20/h6,9-11H,2-5,7-8H2,1H3,(H,19,20)/t10-,11+/m1/s1. The van der Waals surface area contributed by atoms with Crippen molar-refractivity contribution in [2.24, 2.45) is 17.8 Å². The molecular weight excluding hydrogens is 288 g/mol. The van der Waals surface area contributed by atoms with Gasteiger partial charge in [0.05, 0.1) is 17.1 Å². The van der Waals surface area contributed by atoms with Gasteiger partial charge < -0.3 is 10.0 Å². The summed E-state index contributed by atoms with van der Waals surface area (Å²) in [5.41, 5.74) is 0. The molecule has 21 heavy (non-hydrogen) atoms. The summed E-state index contributed by atoms with van der Waals surface area (Å²) in [6, 6.07) is 0. The van der Waals surface area contributed by atoms with Crippen molar-refractivity contribution in [3.8, 4) is 0 Å². The van der Waals surface area contributed by atoms with Crippen LogP contribution in [0.2, 0.25) is 0 Å². The smallest absolute Gasteiger partial charge is 0.308 e. The second-order valence-corrected chi connectivity index (χ2v) is 7.14. The molecule has 2 heterocycles. The van der Waals surface area contributed by atoms with Crippen molar-refractivity contribution in [1.29, 1.82) is 0 Å². The van der Waals surface area contributed by atoms with Gasteiger partial charge in [0.2, 0.25) is 0 Å². The van der Waals surface area contributed by atoms with Gasteiger partial charge in [-0.1, -0.05) is 6.92 Å². The molecule has 0 radical (unpaired) electrons. The highest BCUT2D eigenvalue weighted by atomic mass is 32.1. The molecule has 1 amide bonds. The predicted octanol–water partition coefficient (Wildman–Crippen LogP) is 2.28. The number of hydrogen-bond donors (Lipinski definition) is 1. The maximum Gasteiger partial charge on any atom is 0.308 e. The molecule has 6 heteroatoms. The van der Waals surface area contributed by atoms with Crippen molar-refractivity contribution in [2.75, 3.05) is 13.1 Å². The van der Waals surface area contributed by atoms with E-state index in [2.05, 4.69) is 11.9 Å². The number of aromatic nitrogens is 1. The van der Waals surface area contributed by atoms with Gasteiger partial charge in [-0.25, -0.2) is 4.98 Å². The average molecular weight is 308 g/mol. The molecule has 1 aromatic rings. The maximum absolute atomic E-state index is 12.5. The van der Waals surface area contributed by atoms with Crippen molar-refractivity contribution in [2.45, 2.75) is 32.6 Å². The highest BCUT2D eigenvalue weighted by molar-refractivity contribution is 7.13. The van der Waals surface area contributed by atoms with E-state index in [4.69, 9.17) is 0 Å². The van der Waals surface area contributed by atoms with Crippen molar-refractivity contribution in [1.82, 2.24) is 9.88 Å². The minimum atomic E-state index is -0.766. The minimum Gasteiger partial charge on any atom is -0.481 e. The first-order valence-electron chi connectivity index (χ1n) is 7.57. The van der Waals surface area contributed by atoms with Crippen LogP contribution in [0.5, 0.6) is 0 Å². The fraction of sp³-hybridized carbons (Fsp3) is 0.667. The molecular formula is C15H20N2O3S. The number of rotatable bonds is 5. The van der Waals surface area contributed by atoms with E-state index in [1.807, 2.05) is 0 Å². The molecule has 1 aliphatic carbocycles. The van der Waals surface area contributed by atoms with Crippen LogP contribution in [0.15, 0.2) is 6.20 Å². The van der Waals surface area contributed by atoms with Crippen LogP contribution in [0, 0.1) is 17.8 Å². The zero-order valence-corrected chi connectivity index (χ0v) is 12.9. The lowest BCUT2D eigenvalue weighted by atomic mass is 9.92. The summed E-state index contributed by atoms with van der Waals surface area (Å²) in [7, 11) is 0. The molecule has 0 spiro atoms. The van der Waals surface area contributed by atoms with E-state index in [1.54, 1.807) is 11.1 Å². The van der Waals surface area contributed by atoms with E-state index in [9.17, 15) is 14.7 Å². The number of amides is 1. The van der Waals surface area contributed by atoms with E-state index < -0.39 is 11.9 Å². The first-order chi connectivity index (χ1) is 10.1. The van der Waals surface area contributed by atoms with Crippen molar-refractivity contribution >= 4 is 23.2 Å². The number of aliphatic carboxylic acids is 1. The highest BCUT2D eigenvalue weighted by Crippen LogP contribution is 2.44. The van der Waals surface area contributed by atoms with Gasteiger partial charge in [-0.2, -0.15) is 0 Å². The van der Waals surface area contributed by atoms with Crippen LogP contribution in [0.25, 0.3) is 0 Å². The molecule has 2 aliphatic rings. The number of nitrogens with zero attached hydrogens (tertiary/aromatic N) is 2. The van der Waals surface area contributed by atoms with Crippen LogP contribution in [0.1, 0.15) is 40.9 Å². The number of aryl methyl sites for hydroxylation is 1. The Balaban J connectivity index is 1.71. The zero-order chi connectivity index (χ0) is 15.0. The molecule has 1 N–H and O–H groups in total. The van der Waals surface area contributed by atoms with Gasteiger partial charge in [0, 0.05) is 13.1 Å². The lowest BCUT2D eigenvalue weighted by Gasteiger charge is -2.14. The van der Waals surface area contributed by atoms with Gasteiger partial charge in [-0.05, 0) is 37.5 Å². The molecule has 0 unspecified atom stereocenters. The fourth-order valence-electron chi connectivity index (χ4n) is 3.15. The summed E-state index contributed by atoms with van der Waals surface area (Å²) >= 11 is 1.44. The molecule has 0 bridgehead atoms. The summed E-state index contributed by atoms with van der Waals surface area (Å²) in [5.74, 6) is -0.581. The Labute approximate surface area is 128 Å². The van der Waals surface area contributed by atoms with Crippen LogP contribution < -0.4 is 0 Å². The quantitative estimate of drug-likeness (QED) is 0.906. The van der Waals surface area contributed by atoms with E-state index in [-0.39, 0.29) is 11.8 Å². The molecule has 3 rings (SSSR count). The highest BCUT2D eigenvalue weighted by Gasteiger charge is 2.47. The Morgan fingerprint density at radius 1 is 1.43 bits per heavy atom. The molecule has 0 aromatic carbocycles. The number of carboxylic acid groups (broad SMARTS) is 1. The maximum atomic E-state index is 12.5. The molecule has 2 atom stereocenters. The second-order valence-electron chi connectivity index (χ2n) is 6.02. The van der Waals surface area contributed by atoms with Gasteiger partial charge in [0.15, 0.2) is 0 Å². The minimum absolute atomic E-state index is 0.0516. The summed E-state index contributed by atoms with van der Waals surface area (Å²) in [4.78, 5) is 30.5. The number of carbonyl (C=O) groups excluding carboxylic acids is 1. The molecule has 114 valence electrons. The average Bonchev–Trinajstić information content (AvgIpc) is 3.02. The molecule has 1 aromatic heterocycles. The first-order valence-corrected chi connectivity index (χ1v) is 8.38. The number of carboxylic acids is 1. The monoisotopic (exact) mass is 308 g/mol. The van der Waals surface area contributed by atoms with Gasteiger partial charge in [-0.15, -0.1) is 11.3 Å². The lowest BCUT2D eigenvalue weighted by molar-refractivity contribution is -0.142. The largest absolute Gasteiger partial charge is 0.481 e. The van der Waals surface area contributed by atoms with Crippen molar-refractivity contribution in [3.05, 3.63) is 16.1 Å². The van der Waals surface area contributed by atoms with Crippen LogP contribution in [-0.2, 0) is 11.2 Å². The van der Waals surface area contributed by atoms with Crippen LogP contribution in [-0.4, -0.2) is 40.0 Å². The number of hydrogen-bond acceptors (Lipinski definition) is 4. The number of thiazole rings is 1. The predicted molar refractivity (Wildman–Crippen MR) is 79.4 cm³/mol. The third-order valence-electron chi connectivity index (χ3n) is 4.43. The summed E-state index contributed by atoms with van der Waals surface area (Å²) in [5, 5.41) is 10.3. The van der Waals surface area contributed by atoms with Crippen molar-refractivity contribution in [3.63, 3.8) is 0 Å². The summed E-state index contributed by atoms with van der Waals surface area (Å²) in [6.45, 7) is 3.01. The Morgan fingerprint density at radius 2 is 2.19 bits per heavy atom. The Hall–Kier alpha value is -1.43. The molecule has 1 saturated heterocycles. The Bertz CT molecular complexity index is 553. The van der Waals surface area contributed by atoms with E-state index in [0.717, 1.165) is 30.7 Å². The third kappa shape index (κ3) is 2.95. The third-order valence-corrected chi connectivity index (χ3v) is 5.47. The molecule has 5 nitrogen and oxygen atoms in total. The van der Waals surface area contributed by atoms with Gasteiger partial charge in [0.25, 0.3) is 5.91 Å². The van der Waals surface area contributed by atoms with E-state index >= 15 is 0 Å². The van der Waals surface area contributed by atoms with Crippen LogP contribution in [0.3, 0.4) is 0 Å². The number of likely N-dealkylation sites (tertiary alicyclic amines) is 1. The normalized spacial score (nSPS) is 25.3. The number of carbonyl (C=O) groups is 2. The van der Waals surface area contributed by atoms with E-state index in [0.29, 0.717) is 23.9 Å². The van der Waals surface area contributed by atoms with Gasteiger partial charge in [0.1, 0.15) is 4.88 Å². The van der Waals surface area contributed by atoms with Crippen LogP contribution in [0.4, 0.5) is 0 Å². The van der Waals surface area contributed by atoms with Gasteiger partial charge >= 0.3 is 5.97 Å². The lowest BCUT2D eigenvalue weighted by Crippen LogP contribution is -2.29.